The maximum atomic E-state index is 12.7. The van der Waals surface area contributed by atoms with Gasteiger partial charge in [0.05, 0.1) is 37.3 Å². The Morgan fingerprint density at radius 1 is 0.960 bits per heavy atom. The number of ether oxygens (including phenoxy) is 1. The van der Waals surface area contributed by atoms with Crippen molar-refractivity contribution in [3.63, 3.8) is 0 Å². The van der Waals surface area contributed by atoms with Gasteiger partial charge >= 0.3 is 6.09 Å². The van der Waals surface area contributed by atoms with Crippen LogP contribution in [0.3, 0.4) is 0 Å². The molecule has 0 radical (unpaired) electrons. The van der Waals surface area contributed by atoms with E-state index in [0.29, 0.717) is 6.61 Å². The van der Waals surface area contributed by atoms with Gasteiger partial charge < -0.3 is 22.0 Å². The molecular weight excluding hydrogens is 336 g/mol. The summed E-state index contributed by atoms with van der Waals surface area (Å²) in [6.07, 6.45) is 0.599. The molecule has 0 aliphatic heterocycles. The first-order chi connectivity index (χ1) is 11.8. The Labute approximate surface area is 154 Å². The van der Waals surface area contributed by atoms with Crippen LogP contribution in [0.15, 0.2) is 48.5 Å². The number of fused-ring (bicyclic) bond motifs is 3. The molecule has 0 bridgehead atoms. The zero-order valence-corrected chi connectivity index (χ0v) is 15.6. The third-order valence-electron chi connectivity index (χ3n) is 4.66. The number of carbonyl (C=O) groups excluding carboxylic acids is 1. The van der Waals surface area contributed by atoms with Crippen LogP contribution in [0.25, 0.3) is 21.8 Å². The minimum absolute atomic E-state index is 0. The van der Waals surface area contributed by atoms with Gasteiger partial charge in [-0.25, -0.2) is 9.36 Å². The maximum absolute atomic E-state index is 12.7. The van der Waals surface area contributed by atoms with E-state index in [1.807, 2.05) is 48.5 Å². The third kappa shape index (κ3) is 3.97. The number of hydrogen-bond acceptors (Lipinski definition) is 2. The molecule has 0 saturated carbocycles. The molecule has 25 heavy (non-hydrogen) atoms. The smallest absolute Gasteiger partial charge is 0.418 e. The Balaban J connectivity index is 0.00000225. The van der Waals surface area contributed by atoms with E-state index in [1.54, 1.807) is 4.57 Å². The fourth-order valence-electron chi connectivity index (χ4n) is 3.27. The van der Waals surface area contributed by atoms with Gasteiger partial charge in [-0.3, -0.25) is 0 Å². The summed E-state index contributed by atoms with van der Waals surface area (Å²) in [5.74, 6) is 0. The number of benzene rings is 2. The summed E-state index contributed by atoms with van der Waals surface area (Å²) in [6, 6.07) is 15.9. The van der Waals surface area contributed by atoms with E-state index in [1.165, 1.54) is 4.90 Å². The van der Waals surface area contributed by atoms with E-state index in [2.05, 4.69) is 13.8 Å². The van der Waals surface area contributed by atoms with Gasteiger partial charge in [-0.05, 0) is 26.0 Å². The van der Waals surface area contributed by atoms with Crippen LogP contribution in [0.4, 0.5) is 4.79 Å². The lowest BCUT2D eigenvalue weighted by molar-refractivity contribution is -0.896. The monoisotopic (exact) mass is 360 g/mol. The molecule has 4 nitrogen and oxygen atoms in total. The molecule has 0 aliphatic carbocycles. The molecule has 3 aromatic rings. The zero-order chi connectivity index (χ0) is 16.9. The first-order valence-corrected chi connectivity index (χ1v) is 8.75. The highest BCUT2D eigenvalue weighted by Crippen LogP contribution is 2.28. The van der Waals surface area contributed by atoms with Gasteiger partial charge in [-0.2, -0.15) is 0 Å². The molecule has 5 heteroatoms. The summed E-state index contributed by atoms with van der Waals surface area (Å²) in [5, 5.41) is 2.16. The molecule has 0 amide bonds. The SMILES string of the molecule is CC[NH+](CC)CCCOC(=O)n1c2ccccc2c2ccccc21.[Cl-]. The lowest BCUT2D eigenvalue weighted by atomic mass is 10.2. The molecular formula is C20H25ClN2O2. The molecule has 1 aromatic heterocycles. The Kier molecular flexibility index (Phi) is 6.85. The lowest BCUT2D eigenvalue weighted by Gasteiger charge is -2.15. The van der Waals surface area contributed by atoms with Crippen molar-refractivity contribution in [2.24, 2.45) is 0 Å². The number of nitrogens with zero attached hydrogens (tertiary/aromatic N) is 1. The normalized spacial score (nSPS) is 11.0. The van der Waals surface area contributed by atoms with Gasteiger partial charge in [0.25, 0.3) is 0 Å². The highest BCUT2D eigenvalue weighted by Gasteiger charge is 2.16. The van der Waals surface area contributed by atoms with Gasteiger partial charge in [0.15, 0.2) is 0 Å². The number of rotatable bonds is 6. The number of para-hydroxylation sites is 2. The molecule has 0 spiro atoms. The largest absolute Gasteiger partial charge is 1.00 e. The number of aromatic nitrogens is 1. The second kappa shape index (κ2) is 8.88. The molecule has 3 rings (SSSR count). The fraction of sp³-hybridized carbons (Fsp3) is 0.350. The molecule has 0 aliphatic rings. The lowest BCUT2D eigenvalue weighted by Crippen LogP contribution is -3.11. The van der Waals surface area contributed by atoms with Crippen molar-refractivity contribution in [3.8, 4) is 0 Å². The molecule has 0 fully saturated rings. The van der Waals surface area contributed by atoms with Crippen molar-refractivity contribution in [2.75, 3.05) is 26.2 Å². The topological polar surface area (TPSA) is 35.7 Å². The van der Waals surface area contributed by atoms with E-state index in [-0.39, 0.29) is 18.5 Å². The molecule has 134 valence electrons. The molecule has 0 atom stereocenters. The van der Waals surface area contributed by atoms with E-state index < -0.39 is 0 Å². The van der Waals surface area contributed by atoms with Gasteiger partial charge in [-0.1, -0.05) is 36.4 Å². The van der Waals surface area contributed by atoms with Gasteiger partial charge in [0.2, 0.25) is 0 Å². The third-order valence-corrected chi connectivity index (χ3v) is 4.66. The summed E-state index contributed by atoms with van der Waals surface area (Å²) in [5.41, 5.74) is 1.80. The minimum Gasteiger partial charge on any atom is -1.00 e. The van der Waals surface area contributed by atoms with Crippen LogP contribution < -0.4 is 17.3 Å². The summed E-state index contributed by atoms with van der Waals surface area (Å²) in [4.78, 5) is 14.2. The quantitative estimate of drug-likeness (QED) is 0.633. The number of nitrogens with one attached hydrogen (secondary N) is 1. The van der Waals surface area contributed by atoms with Crippen molar-refractivity contribution in [1.82, 2.24) is 4.57 Å². The van der Waals surface area contributed by atoms with Crippen molar-refractivity contribution < 1.29 is 26.8 Å². The number of halogens is 1. The summed E-state index contributed by atoms with van der Waals surface area (Å²) < 4.78 is 7.24. The Hall–Kier alpha value is -2.04. The van der Waals surface area contributed by atoms with Crippen molar-refractivity contribution in [1.29, 1.82) is 0 Å². The molecule has 1 N–H and O–H groups in total. The van der Waals surface area contributed by atoms with Gasteiger partial charge in [-0.15, -0.1) is 0 Å². The summed E-state index contributed by atoms with van der Waals surface area (Å²) in [6.45, 7) is 8.08. The number of hydrogen-bond donors (Lipinski definition) is 1. The van der Waals surface area contributed by atoms with Crippen molar-refractivity contribution >= 4 is 27.9 Å². The van der Waals surface area contributed by atoms with Crippen LogP contribution in [-0.4, -0.2) is 36.9 Å². The second-order valence-corrected chi connectivity index (χ2v) is 6.04. The van der Waals surface area contributed by atoms with Crippen LogP contribution >= 0.6 is 0 Å². The molecule has 1 heterocycles. The summed E-state index contributed by atoms with van der Waals surface area (Å²) in [7, 11) is 0. The van der Waals surface area contributed by atoms with Crippen molar-refractivity contribution in [3.05, 3.63) is 48.5 Å². The number of quaternary nitrogens is 1. The minimum atomic E-state index is -0.290. The fourth-order valence-corrected chi connectivity index (χ4v) is 3.27. The Bertz CT molecular complexity index is 787. The first-order valence-electron chi connectivity index (χ1n) is 8.75. The van der Waals surface area contributed by atoms with E-state index in [9.17, 15) is 4.79 Å². The average molecular weight is 361 g/mol. The Morgan fingerprint density at radius 2 is 1.48 bits per heavy atom. The zero-order valence-electron chi connectivity index (χ0n) is 14.8. The maximum Gasteiger partial charge on any atom is 0.418 e. The highest BCUT2D eigenvalue weighted by molar-refractivity contribution is 6.12. The molecule has 0 saturated heterocycles. The Morgan fingerprint density at radius 3 is 2.00 bits per heavy atom. The second-order valence-electron chi connectivity index (χ2n) is 6.04. The van der Waals surface area contributed by atoms with Gasteiger partial charge in [0, 0.05) is 17.2 Å². The van der Waals surface area contributed by atoms with Crippen LogP contribution in [0.2, 0.25) is 0 Å². The predicted molar refractivity (Wildman–Crippen MR) is 97.7 cm³/mol. The summed E-state index contributed by atoms with van der Waals surface area (Å²) >= 11 is 0. The molecule has 0 unspecified atom stereocenters. The van der Waals surface area contributed by atoms with E-state index in [0.717, 1.165) is 47.9 Å². The van der Waals surface area contributed by atoms with Gasteiger partial charge in [0.1, 0.15) is 0 Å². The average Bonchev–Trinajstić information content (AvgIpc) is 2.96. The van der Waals surface area contributed by atoms with Crippen LogP contribution in [-0.2, 0) is 4.74 Å². The number of carbonyl (C=O) groups is 1. The first kappa shape index (κ1) is 19.3. The van der Waals surface area contributed by atoms with Crippen LogP contribution in [0, 0.1) is 0 Å². The van der Waals surface area contributed by atoms with Crippen molar-refractivity contribution in [2.45, 2.75) is 20.3 Å². The van der Waals surface area contributed by atoms with Crippen LogP contribution in [0.5, 0.6) is 0 Å². The standard InChI is InChI=1S/C20H24N2O2.ClH/c1-3-21(4-2)14-9-15-24-20(23)22-18-12-7-5-10-16(18)17-11-6-8-13-19(17)22;/h5-8,10-13H,3-4,9,14-15H2,1-2H3;1H. The predicted octanol–water partition coefficient (Wildman–Crippen LogP) is 0.0980. The van der Waals surface area contributed by atoms with Crippen LogP contribution in [0.1, 0.15) is 20.3 Å². The molecule has 2 aromatic carbocycles. The van der Waals surface area contributed by atoms with E-state index in [4.69, 9.17) is 4.74 Å². The van der Waals surface area contributed by atoms with E-state index >= 15 is 0 Å². The highest BCUT2D eigenvalue weighted by atomic mass is 35.5.